The molecule has 0 saturated heterocycles. The van der Waals surface area contributed by atoms with Gasteiger partial charge in [0.15, 0.2) is 11.0 Å². The van der Waals surface area contributed by atoms with Gasteiger partial charge in [-0.3, -0.25) is 24.3 Å². The molecular formula is C34H31N7O4S2. The number of carbonyl (C=O) groups excluding carboxylic acids is 2. The Balaban J connectivity index is 1.24. The van der Waals surface area contributed by atoms with E-state index >= 15 is 0 Å². The topological polar surface area (TPSA) is 136 Å². The Bertz CT molecular complexity index is 1990. The lowest BCUT2D eigenvalue weighted by Crippen LogP contribution is -2.28. The van der Waals surface area contributed by atoms with E-state index in [1.165, 1.54) is 23.9 Å². The average Bonchev–Trinajstić information content (AvgIpc) is 3.83. The van der Waals surface area contributed by atoms with Crippen molar-refractivity contribution in [3.63, 3.8) is 0 Å². The molecule has 6 rings (SSSR count). The molecule has 0 radical (unpaired) electrons. The van der Waals surface area contributed by atoms with Crippen LogP contribution in [0.5, 0.6) is 0 Å². The summed E-state index contributed by atoms with van der Waals surface area (Å²) in [7, 11) is 0. The fourth-order valence-corrected chi connectivity index (χ4v) is 6.97. The van der Waals surface area contributed by atoms with E-state index in [9.17, 15) is 19.7 Å². The van der Waals surface area contributed by atoms with Gasteiger partial charge in [-0.2, -0.15) is 5.10 Å². The molecule has 3 aromatic carbocycles. The van der Waals surface area contributed by atoms with Crippen molar-refractivity contribution < 1.29 is 14.5 Å². The van der Waals surface area contributed by atoms with Crippen LogP contribution in [0.3, 0.4) is 0 Å². The standard InChI is InChI=1S/C34H31N7O4S2/c1-21-12-14-24(15-13-21)29-18-27(30-11-6-16-46-30)38-40(29)32(42)20-47-34-37-36-31(39(34)25-8-4-7-22(2)17-25)19-35-33(43)26-9-5-10-28(23(26)3)41(44)45/h4-17,29H,18-20H2,1-3H3,(H,35,43)/t29-/m1/s1. The Hall–Kier alpha value is -5.14. The molecule has 3 heterocycles. The fraction of sp³-hybridized carbons (Fsp3) is 0.206. The normalized spacial score (nSPS) is 14.2. The molecule has 0 aliphatic carbocycles. The molecule has 0 spiro atoms. The van der Waals surface area contributed by atoms with Gasteiger partial charge in [0, 0.05) is 29.3 Å². The van der Waals surface area contributed by atoms with Crippen molar-refractivity contribution >= 4 is 46.3 Å². The van der Waals surface area contributed by atoms with Crippen LogP contribution in [0.4, 0.5) is 5.69 Å². The lowest BCUT2D eigenvalue weighted by Gasteiger charge is -2.22. The van der Waals surface area contributed by atoms with Crippen molar-refractivity contribution in [2.24, 2.45) is 5.10 Å². The second-order valence-corrected chi connectivity index (χ2v) is 13.0. The minimum absolute atomic E-state index is 0.00645. The van der Waals surface area contributed by atoms with E-state index in [0.717, 1.165) is 33.0 Å². The zero-order valence-corrected chi connectivity index (χ0v) is 27.5. The Kier molecular flexibility index (Phi) is 9.27. The third-order valence-electron chi connectivity index (χ3n) is 7.87. The number of carbonyl (C=O) groups is 2. The molecule has 0 fully saturated rings. The Morgan fingerprint density at radius 2 is 1.79 bits per heavy atom. The van der Waals surface area contributed by atoms with E-state index in [0.29, 0.717) is 17.4 Å². The minimum Gasteiger partial charge on any atom is -0.345 e. The SMILES string of the molecule is Cc1ccc([C@H]2CC(c3cccs3)=NN2C(=O)CSc2nnc(CNC(=O)c3cccc([N+](=O)[O-])c3C)n2-c2cccc(C)c2)cc1. The maximum absolute atomic E-state index is 13.8. The number of benzene rings is 3. The van der Waals surface area contributed by atoms with Crippen LogP contribution in [0.1, 0.15) is 55.8 Å². The van der Waals surface area contributed by atoms with E-state index in [-0.39, 0.29) is 41.1 Å². The van der Waals surface area contributed by atoms with Gasteiger partial charge in [0.2, 0.25) is 0 Å². The lowest BCUT2D eigenvalue weighted by atomic mass is 10.00. The quantitative estimate of drug-likeness (QED) is 0.101. The number of hydrazone groups is 1. The Labute approximate surface area is 279 Å². The first-order valence-corrected chi connectivity index (χ1v) is 16.7. The summed E-state index contributed by atoms with van der Waals surface area (Å²) >= 11 is 2.84. The first kappa shape index (κ1) is 31.8. The summed E-state index contributed by atoms with van der Waals surface area (Å²) in [6.45, 7) is 5.56. The van der Waals surface area contributed by atoms with Crippen molar-refractivity contribution in [2.75, 3.05) is 5.75 Å². The van der Waals surface area contributed by atoms with Crippen LogP contribution in [0.2, 0.25) is 0 Å². The molecule has 1 aliphatic rings. The van der Waals surface area contributed by atoms with Crippen molar-refractivity contribution in [3.8, 4) is 5.69 Å². The van der Waals surface area contributed by atoms with Crippen molar-refractivity contribution in [3.05, 3.63) is 133 Å². The zero-order valence-electron chi connectivity index (χ0n) is 25.9. The van der Waals surface area contributed by atoms with Crippen LogP contribution in [0, 0.1) is 30.9 Å². The number of nitrogens with zero attached hydrogens (tertiary/aromatic N) is 6. The second-order valence-electron chi connectivity index (χ2n) is 11.1. The molecule has 0 saturated carbocycles. The van der Waals surface area contributed by atoms with Gasteiger partial charge >= 0.3 is 0 Å². The highest BCUT2D eigenvalue weighted by Crippen LogP contribution is 2.35. The maximum atomic E-state index is 13.8. The minimum atomic E-state index is -0.509. The van der Waals surface area contributed by atoms with Gasteiger partial charge in [0.25, 0.3) is 17.5 Å². The predicted octanol–water partition coefficient (Wildman–Crippen LogP) is 6.56. The summed E-state index contributed by atoms with van der Waals surface area (Å²) in [6, 6.07) is 24.1. The molecule has 0 unspecified atom stereocenters. The van der Waals surface area contributed by atoms with Crippen LogP contribution in [0.15, 0.2) is 94.5 Å². The highest BCUT2D eigenvalue weighted by Gasteiger charge is 2.33. The first-order chi connectivity index (χ1) is 22.7. The summed E-state index contributed by atoms with van der Waals surface area (Å²) in [6.07, 6.45) is 0.618. The summed E-state index contributed by atoms with van der Waals surface area (Å²) in [5, 5.41) is 31.8. The van der Waals surface area contributed by atoms with E-state index in [2.05, 4.69) is 15.5 Å². The number of aromatic nitrogens is 3. The molecule has 13 heteroatoms. The third kappa shape index (κ3) is 6.86. The lowest BCUT2D eigenvalue weighted by molar-refractivity contribution is -0.385. The molecule has 1 aliphatic heterocycles. The molecule has 0 bridgehead atoms. The smallest absolute Gasteiger partial charge is 0.273 e. The maximum Gasteiger partial charge on any atom is 0.273 e. The van der Waals surface area contributed by atoms with Crippen LogP contribution < -0.4 is 5.32 Å². The number of amides is 2. The number of rotatable bonds is 10. The molecule has 238 valence electrons. The molecule has 2 aromatic heterocycles. The molecule has 1 atom stereocenters. The number of aryl methyl sites for hydroxylation is 2. The molecule has 5 aromatic rings. The Morgan fingerprint density at radius 3 is 2.51 bits per heavy atom. The zero-order chi connectivity index (χ0) is 33.1. The van der Waals surface area contributed by atoms with E-state index in [1.807, 2.05) is 84.5 Å². The number of hydrogen-bond acceptors (Lipinski definition) is 9. The summed E-state index contributed by atoms with van der Waals surface area (Å²) in [5.41, 5.74) is 5.18. The van der Waals surface area contributed by atoms with E-state index in [1.54, 1.807) is 29.3 Å². The van der Waals surface area contributed by atoms with E-state index in [4.69, 9.17) is 5.10 Å². The summed E-state index contributed by atoms with van der Waals surface area (Å²) in [4.78, 5) is 38.8. The highest BCUT2D eigenvalue weighted by molar-refractivity contribution is 7.99. The fourth-order valence-electron chi connectivity index (χ4n) is 5.43. The second kappa shape index (κ2) is 13.7. The number of hydrogen-bond donors (Lipinski definition) is 1. The largest absolute Gasteiger partial charge is 0.345 e. The van der Waals surface area contributed by atoms with Gasteiger partial charge in [-0.05, 0) is 61.5 Å². The number of nitro groups is 1. The number of thioether (sulfide) groups is 1. The highest BCUT2D eigenvalue weighted by atomic mass is 32.2. The van der Waals surface area contributed by atoms with Crippen molar-refractivity contribution in [1.82, 2.24) is 25.1 Å². The van der Waals surface area contributed by atoms with Gasteiger partial charge in [0.05, 0.1) is 33.9 Å². The average molecular weight is 666 g/mol. The third-order valence-corrected chi connectivity index (χ3v) is 9.70. The molecule has 2 amide bonds. The number of nitro benzene ring substituents is 1. The molecule has 1 N–H and O–H groups in total. The van der Waals surface area contributed by atoms with Gasteiger partial charge in [0.1, 0.15) is 0 Å². The molecular weight excluding hydrogens is 635 g/mol. The van der Waals surface area contributed by atoms with Crippen molar-refractivity contribution in [1.29, 1.82) is 0 Å². The molecule has 47 heavy (non-hydrogen) atoms. The predicted molar refractivity (Wildman–Crippen MR) is 182 cm³/mol. The number of thiophene rings is 1. The van der Waals surface area contributed by atoms with Crippen LogP contribution in [-0.4, -0.2) is 48.0 Å². The van der Waals surface area contributed by atoms with Crippen LogP contribution >= 0.6 is 23.1 Å². The monoisotopic (exact) mass is 665 g/mol. The van der Waals surface area contributed by atoms with Gasteiger partial charge < -0.3 is 5.32 Å². The van der Waals surface area contributed by atoms with Gasteiger partial charge in [-0.1, -0.05) is 65.9 Å². The van der Waals surface area contributed by atoms with Gasteiger partial charge in [-0.25, -0.2) is 5.01 Å². The van der Waals surface area contributed by atoms with Gasteiger partial charge in [-0.15, -0.1) is 21.5 Å². The van der Waals surface area contributed by atoms with Crippen LogP contribution in [-0.2, 0) is 11.3 Å². The van der Waals surface area contributed by atoms with Crippen molar-refractivity contribution in [2.45, 2.75) is 44.9 Å². The Morgan fingerprint density at radius 1 is 1.00 bits per heavy atom. The summed E-state index contributed by atoms with van der Waals surface area (Å²) in [5.74, 6) is -0.127. The first-order valence-electron chi connectivity index (χ1n) is 14.9. The van der Waals surface area contributed by atoms with Crippen LogP contribution in [0.25, 0.3) is 5.69 Å². The molecule has 11 nitrogen and oxygen atoms in total. The summed E-state index contributed by atoms with van der Waals surface area (Å²) < 4.78 is 1.81. The van der Waals surface area contributed by atoms with E-state index < -0.39 is 10.8 Å². The number of nitrogens with one attached hydrogen (secondary N) is 1.